The summed E-state index contributed by atoms with van der Waals surface area (Å²) in [5.41, 5.74) is 1.06. The lowest BCUT2D eigenvalue weighted by molar-refractivity contribution is 0.179. The van der Waals surface area contributed by atoms with Crippen molar-refractivity contribution in [3.8, 4) is 0 Å². The molecule has 3 aromatic rings. The molecule has 3 rings (SSSR count). The fourth-order valence-electron chi connectivity index (χ4n) is 2.12. The van der Waals surface area contributed by atoms with Crippen LogP contribution in [0.1, 0.15) is 38.3 Å². The third-order valence-corrected chi connectivity index (χ3v) is 4.18. The molecule has 3 aromatic heterocycles. The minimum absolute atomic E-state index is 0.0216. The zero-order valence-electron chi connectivity index (χ0n) is 13.2. The summed E-state index contributed by atoms with van der Waals surface area (Å²) in [6.45, 7) is 6.93. The highest BCUT2D eigenvalue weighted by molar-refractivity contribution is 7.20. The van der Waals surface area contributed by atoms with Gasteiger partial charge in [-0.1, -0.05) is 32.1 Å². The molecule has 0 aliphatic carbocycles. The first-order chi connectivity index (χ1) is 10.5. The predicted octanol–water partition coefficient (Wildman–Crippen LogP) is 3.48. The standard InChI is InChI=1S/C15H20N4O2S/c1-15(2,3)12-8-19-14(17-12)22-13(18-19)16-10(9-20-4)11-6-5-7-21-11/h5-8,10H,9H2,1-4H3,(H,16,18). The number of aromatic nitrogens is 3. The van der Waals surface area contributed by atoms with Crippen molar-refractivity contribution in [2.45, 2.75) is 32.2 Å². The van der Waals surface area contributed by atoms with E-state index in [0.29, 0.717) is 6.61 Å². The molecule has 0 spiro atoms. The third-order valence-electron chi connectivity index (χ3n) is 3.33. The average Bonchev–Trinajstić information content (AvgIpc) is 3.12. The molecule has 1 unspecified atom stereocenters. The summed E-state index contributed by atoms with van der Waals surface area (Å²) >= 11 is 1.52. The van der Waals surface area contributed by atoms with Crippen LogP contribution in [0.2, 0.25) is 0 Å². The Morgan fingerprint density at radius 3 is 2.86 bits per heavy atom. The Morgan fingerprint density at radius 2 is 2.27 bits per heavy atom. The monoisotopic (exact) mass is 320 g/mol. The van der Waals surface area contributed by atoms with Crippen LogP contribution in [0.4, 0.5) is 5.13 Å². The number of nitrogens with zero attached hydrogens (tertiary/aromatic N) is 3. The largest absolute Gasteiger partial charge is 0.467 e. The van der Waals surface area contributed by atoms with Gasteiger partial charge in [-0.2, -0.15) is 0 Å². The lowest BCUT2D eigenvalue weighted by atomic mass is 9.93. The van der Waals surface area contributed by atoms with Crippen LogP contribution in [0.15, 0.2) is 29.0 Å². The maximum absolute atomic E-state index is 5.45. The summed E-state index contributed by atoms with van der Waals surface area (Å²) in [6, 6.07) is 3.72. The highest BCUT2D eigenvalue weighted by atomic mass is 32.1. The first kappa shape index (κ1) is 15.1. The number of rotatable bonds is 5. The van der Waals surface area contributed by atoms with Crippen LogP contribution in [0.5, 0.6) is 0 Å². The molecular formula is C15H20N4O2S. The maximum Gasteiger partial charge on any atom is 0.214 e. The molecular weight excluding hydrogens is 300 g/mol. The van der Waals surface area contributed by atoms with Gasteiger partial charge in [-0.25, -0.2) is 9.50 Å². The van der Waals surface area contributed by atoms with Crippen LogP contribution in [0, 0.1) is 0 Å². The van der Waals surface area contributed by atoms with Gasteiger partial charge in [0.05, 0.1) is 24.8 Å². The maximum atomic E-state index is 5.45. The second-order valence-electron chi connectivity index (χ2n) is 6.18. The van der Waals surface area contributed by atoms with Gasteiger partial charge in [0.2, 0.25) is 10.1 Å². The normalized spacial score (nSPS) is 13.6. The van der Waals surface area contributed by atoms with Crippen molar-refractivity contribution < 1.29 is 9.15 Å². The highest BCUT2D eigenvalue weighted by Crippen LogP contribution is 2.28. The summed E-state index contributed by atoms with van der Waals surface area (Å²) in [6.07, 6.45) is 3.64. The minimum atomic E-state index is -0.0713. The second-order valence-corrected chi connectivity index (χ2v) is 7.13. The summed E-state index contributed by atoms with van der Waals surface area (Å²) in [4.78, 5) is 5.52. The van der Waals surface area contributed by atoms with Crippen molar-refractivity contribution in [1.82, 2.24) is 14.6 Å². The topological polar surface area (TPSA) is 64.6 Å². The van der Waals surface area contributed by atoms with Gasteiger partial charge in [0.25, 0.3) is 0 Å². The van der Waals surface area contributed by atoms with Gasteiger partial charge in [-0.05, 0) is 12.1 Å². The highest BCUT2D eigenvalue weighted by Gasteiger charge is 2.21. The van der Waals surface area contributed by atoms with Gasteiger partial charge in [-0.3, -0.25) is 0 Å². The van der Waals surface area contributed by atoms with Gasteiger partial charge in [0.1, 0.15) is 11.8 Å². The van der Waals surface area contributed by atoms with Crippen molar-refractivity contribution in [2.75, 3.05) is 19.0 Å². The Labute approximate surface area is 133 Å². The molecule has 1 atom stereocenters. The molecule has 3 heterocycles. The molecule has 22 heavy (non-hydrogen) atoms. The number of hydrogen-bond acceptors (Lipinski definition) is 6. The fraction of sp³-hybridized carbons (Fsp3) is 0.467. The van der Waals surface area contributed by atoms with E-state index in [1.54, 1.807) is 13.4 Å². The van der Waals surface area contributed by atoms with E-state index in [0.717, 1.165) is 21.5 Å². The van der Waals surface area contributed by atoms with Crippen LogP contribution in [-0.4, -0.2) is 28.3 Å². The Balaban J connectivity index is 1.82. The van der Waals surface area contributed by atoms with E-state index in [4.69, 9.17) is 9.15 Å². The Kier molecular flexibility index (Phi) is 3.92. The molecule has 0 saturated heterocycles. The number of fused-ring (bicyclic) bond motifs is 1. The molecule has 0 saturated carbocycles. The van der Waals surface area contributed by atoms with Gasteiger partial charge in [0.15, 0.2) is 0 Å². The molecule has 0 fully saturated rings. The minimum Gasteiger partial charge on any atom is -0.467 e. The van der Waals surface area contributed by atoms with Crippen LogP contribution in [-0.2, 0) is 10.2 Å². The van der Waals surface area contributed by atoms with Gasteiger partial charge in [0, 0.05) is 12.5 Å². The quantitative estimate of drug-likeness (QED) is 0.779. The number of anilines is 1. The molecule has 0 aliphatic heterocycles. The molecule has 0 amide bonds. The zero-order chi connectivity index (χ0) is 15.7. The first-order valence-corrected chi connectivity index (χ1v) is 7.94. The molecule has 0 aromatic carbocycles. The fourth-order valence-corrected chi connectivity index (χ4v) is 2.95. The smallest absolute Gasteiger partial charge is 0.214 e. The number of hydrogen-bond donors (Lipinski definition) is 1. The average molecular weight is 320 g/mol. The van der Waals surface area contributed by atoms with Gasteiger partial charge >= 0.3 is 0 Å². The molecule has 0 aliphatic rings. The molecule has 0 bridgehead atoms. The Bertz CT molecular complexity index is 708. The van der Waals surface area contributed by atoms with Crippen molar-refractivity contribution in [2.24, 2.45) is 0 Å². The molecule has 1 N–H and O–H groups in total. The molecule has 7 heteroatoms. The SMILES string of the molecule is COCC(Nc1nn2cc(C(C)(C)C)nc2s1)c1ccco1. The number of furan rings is 1. The summed E-state index contributed by atoms with van der Waals surface area (Å²) in [5.74, 6) is 0.824. The second kappa shape index (κ2) is 5.73. The Morgan fingerprint density at radius 1 is 1.45 bits per heavy atom. The van der Waals surface area contributed by atoms with E-state index < -0.39 is 0 Å². The van der Waals surface area contributed by atoms with Crippen molar-refractivity contribution in [3.63, 3.8) is 0 Å². The van der Waals surface area contributed by atoms with Crippen LogP contribution in [0.25, 0.3) is 4.96 Å². The number of nitrogens with one attached hydrogen (secondary N) is 1. The summed E-state index contributed by atoms with van der Waals surface area (Å²) in [5, 5.41) is 8.68. The van der Waals surface area contributed by atoms with Crippen molar-refractivity contribution in [1.29, 1.82) is 0 Å². The Hall–Kier alpha value is -1.86. The lowest BCUT2D eigenvalue weighted by Crippen LogP contribution is -2.15. The van der Waals surface area contributed by atoms with Gasteiger partial charge < -0.3 is 14.5 Å². The number of methoxy groups -OCH3 is 1. The lowest BCUT2D eigenvalue weighted by Gasteiger charge is -2.14. The summed E-state index contributed by atoms with van der Waals surface area (Å²) in [7, 11) is 1.67. The third kappa shape index (κ3) is 3.00. The van der Waals surface area contributed by atoms with Crippen molar-refractivity contribution in [3.05, 3.63) is 36.0 Å². The van der Waals surface area contributed by atoms with E-state index >= 15 is 0 Å². The van der Waals surface area contributed by atoms with Crippen LogP contribution in [0.3, 0.4) is 0 Å². The van der Waals surface area contributed by atoms with Crippen LogP contribution < -0.4 is 5.32 Å². The molecule has 6 nitrogen and oxygen atoms in total. The van der Waals surface area contributed by atoms with Crippen LogP contribution >= 0.6 is 11.3 Å². The van der Waals surface area contributed by atoms with E-state index in [2.05, 4.69) is 36.2 Å². The number of ether oxygens (including phenoxy) is 1. The van der Waals surface area contributed by atoms with E-state index in [1.165, 1.54) is 11.3 Å². The first-order valence-electron chi connectivity index (χ1n) is 7.13. The van der Waals surface area contributed by atoms with E-state index in [1.807, 2.05) is 22.8 Å². The molecule has 0 radical (unpaired) electrons. The van der Waals surface area contributed by atoms with E-state index in [9.17, 15) is 0 Å². The summed E-state index contributed by atoms with van der Waals surface area (Å²) < 4.78 is 12.5. The predicted molar refractivity (Wildman–Crippen MR) is 86.5 cm³/mol. The van der Waals surface area contributed by atoms with Gasteiger partial charge in [-0.15, -0.1) is 5.10 Å². The van der Waals surface area contributed by atoms with Crippen molar-refractivity contribution >= 4 is 21.4 Å². The number of imidazole rings is 1. The van der Waals surface area contributed by atoms with E-state index in [-0.39, 0.29) is 11.5 Å². The molecule has 118 valence electrons. The zero-order valence-corrected chi connectivity index (χ0v) is 14.0.